The summed E-state index contributed by atoms with van der Waals surface area (Å²) in [5, 5.41) is 0. The van der Waals surface area contributed by atoms with Crippen molar-refractivity contribution in [3.8, 4) is 0 Å². The van der Waals surface area contributed by atoms with Crippen molar-refractivity contribution in [2.45, 2.75) is 38.1 Å². The molecular weight excluding hydrogens is 295 g/mol. The number of nitrogen functional groups attached to an aromatic ring is 1. The van der Waals surface area contributed by atoms with Crippen LogP contribution in [0.25, 0.3) is 0 Å². The zero-order chi connectivity index (χ0) is 12.7. The molecule has 98 valence electrons. The molecule has 18 heavy (non-hydrogen) atoms. The van der Waals surface area contributed by atoms with E-state index >= 15 is 0 Å². The van der Waals surface area contributed by atoms with E-state index in [0.717, 1.165) is 18.2 Å². The van der Waals surface area contributed by atoms with Gasteiger partial charge in [-0.05, 0) is 53.6 Å². The molecule has 3 rings (SSSR count). The van der Waals surface area contributed by atoms with Crippen LogP contribution in [0.15, 0.2) is 16.6 Å². The molecule has 0 spiro atoms. The summed E-state index contributed by atoms with van der Waals surface area (Å²) in [6.07, 6.45) is 6.45. The summed E-state index contributed by atoms with van der Waals surface area (Å²) in [6, 6.07) is 3.88. The molecule has 2 atom stereocenters. The van der Waals surface area contributed by atoms with Gasteiger partial charge in [-0.15, -0.1) is 0 Å². The average Bonchev–Trinajstić information content (AvgIpc) is 2.82. The Balaban J connectivity index is 1.96. The largest absolute Gasteiger partial charge is 0.397 e. The number of anilines is 2. The van der Waals surface area contributed by atoms with E-state index in [2.05, 4.69) is 20.8 Å². The van der Waals surface area contributed by atoms with Gasteiger partial charge in [0.15, 0.2) is 0 Å². The molecule has 1 saturated heterocycles. The van der Waals surface area contributed by atoms with Gasteiger partial charge in [0.25, 0.3) is 0 Å². The molecule has 2 N–H and O–H groups in total. The summed E-state index contributed by atoms with van der Waals surface area (Å²) in [6.45, 7) is 1.05. The molecule has 2 nitrogen and oxygen atoms in total. The first-order valence-corrected chi connectivity index (χ1v) is 7.47. The van der Waals surface area contributed by atoms with Crippen molar-refractivity contribution in [2.24, 2.45) is 5.92 Å². The highest BCUT2D eigenvalue weighted by molar-refractivity contribution is 9.10. The minimum absolute atomic E-state index is 0.281. The van der Waals surface area contributed by atoms with E-state index in [4.69, 9.17) is 5.73 Å². The van der Waals surface area contributed by atoms with E-state index in [1.54, 1.807) is 0 Å². The molecule has 0 radical (unpaired) electrons. The number of piperidine rings is 1. The molecule has 1 aromatic rings. The van der Waals surface area contributed by atoms with Gasteiger partial charge in [0.1, 0.15) is 5.82 Å². The van der Waals surface area contributed by atoms with Crippen molar-refractivity contribution in [1.82, 2.24) is 0 Å². The normalized spacial score (nSPS) is 27.3. The second-order valence-electron chi connectivity index (χ2n) is 5.42. The molecule has 0 bridgehead atoms. The highest BCUT2D eigenvalue weighted by Gasteiger charge is 2.35. The summed E-state index contributed by atoms with van der Waals surface area (Å²) < 4.78 is 14.0. The summed E-state index contributed by atoms with van der Waals surface area (Å²) in [4.78, 5) is 2.40. The maximum atomic E-state index is 13.4. The third-order valence-corrected chi connectivity index (χ3v) is 4.98. The molecule has 1 aliphatic heterocycles. The van der Waals surface area contributed by atoms with Crippen molar-refractivity contribution in [2.75, 3.05) is 17.2 Å². The van der Waals surface area contributed by atoms with Crippen LogP contribution in [0.5, 0.6) is 0 Å². The SMILES string of the molecule is Nc1cc(F)c(Br)cc1N1CCCC2CCCC21. The summed E-state index contributed by atoms with van der Waals surface area (Å²) >= 11 is 3.26. The van der Waals surface area contributed by atoms with Crippen LogP contribution < -0.4 is 10.6 Å². The first-order chi connectivity index (χ1) is 8.66. The lowest BCUT2D eigenvalue weighted by molar-refractivity contribution is 0.362. The molecule has 4 heteroatoms. The first-order valence-electron chi connectivity index (χ1n) is 6.68. The summed E-state index contributed by atoms with van der Waals surface area (Å²) in [5.74, 6) is 0.526. The monoisotopic (exact) mass is 312 g/mol. The third-order valence-electron chi connectivity index (χ3n) is 4.37. The van der Waals surface area contributed by atoms with Gasteiger partial charge in [-0.2, -0.15) is 0 Å². The van der Waals surface area contributed by atoms with Crippen molar-refractivity contribution in [3.05, 3.63) is 22.4 Å². The molecule has 1 aromatic carbocycles. The Labute approximate surface area is 115 Å². The van der Waals surface area contributed by atoms with Crippen molar-refractivity contribution in [1.29, 1.82) is 0 Å². The van der Waals surface area contributed by atoms with Gasteiger partial charge in [-0.3, -0.25) is 0 Å². The second-order valence-corrected chi connectivity index (χ2v) is 6.27. The Hall–Kier alpha value is -0.770. The van der Waals surface area contributed by atoms with Crippen LogP contribution in [0.4, 0.5) is 15.8 Å². The van der Waals surface area contributed by atoms with Gasteiger partial charge >= 0.3 is 0 Å². The standard InChI is InChI=1S/C14H18BrFN2/c15-10-7-14(12(17)8-11(10)16)18-6-2-4-9-3-1-5-13(9)18/h7-9,13H,1-6,17H2. The van der Waals surface area contributed by atoms with Crippen LogP contribution in [-0.4, -0.2) is 12.6 Å². The summed E-state index contributed by atoms with van der Waals surface area (Å²) in [5.41, 5.74) is 7.56. The van der Waals surface area contributed by atoms with E-state index in [0.29, 0.717) is 16.2 Å². The van der Waals surface area contributed by atoms with Crippen LogP contribution in [0.1, 0.15) is 32.1 Å². The Bertz CT molecular complexity index is 463. The molecule has 1 saturated carbocycles. The van der Waals surface area contributed by atoms with E-state index in [1.165, 1.54) is 38.2 Å². The number of nitrogens with two attached hydrogens (primary N) is 1. The lowest BCUT2D eigenvalue weighted by atomic mass is 9.91. The van der Waals surface area contributed by atoms with Crippen LogP contribution in [0, 0.1) is 11.7 Å². The van der Waals surface area contributed by atoms with Gasteiger partial charge in [0.05, 0.1) is 15.8 Å². The van der Waals surface area contributed by atoms with Gasteiger partial charge in [0, 0.05) is 18.7 Å². The highest BCUT2D eigenvalue weighted by Crippen LogP contribution is 2.41. The Morgan fingerprint density at radius 2 is 2.00 bits per heavy atom. The van der Waals surface area contributed by atoms with Crippen molar-refractivity contribution >= 4 is 27.3 Å². The number of benzene rings is 1. The maximum Gasteiger partial charge on any atom is 0.139 e. The topological polar surface area (TPSA) is 29.3 Å². The Morgan fingerprint density at radius 1 is 1.22 bits per heavy atom. The number of rotatable bonds is 1. The van der Waals surface area contributed by atoms with Crippen molar-refractivity contribution in [3.63, 3.8) is 0 Å². The minimum Gasteiger partial charge on any atom is -0.397 e. The minimum atomic E-state index is -0.281. The zero-order valence-electron chi connectivity index (χ0n) is 10.3. The number of halogens is 2. The number of nitrogens with zero attached hydrogens (tertiary/aromatic N) is 1. The van der Waals surface area contributed by atoms with Crippen LogP contribution in [-0.2, 0) is 0 Å². The summed E-state index contributed by atoms with van der Waals surface area (Å²) in [7, 11) is 0. The molecule has 2 aliphatic rings. The molecule has 0 aromatic heterocycles. The molecule has 1 heterocycles. The van der Waals surface area contributed by atoms with E-state index < -0.39 is 0 Å². The van der Waals surface area contributed by atoms with Gasteiger partial charge in [-0.25, -0.2) is 4.39 Å². The first kappa shape index (κ1) is 12.3. The van der Waals surface area contributed by atoms with Crippen molar-refractivity contribution < 1.29 is 4.39 Å². The predicted molar refractivity (Wildman–Crippen MR) is 76.2 cm³/mol. The van der Waals surface area contributed by atoms with E-state index in [9.17, 15) is 4.39 Å². The molecule has 0 amide bonds. The molecular formula is C14H18BrFN2. The Morgan fingerprint density at radius 3 is 2.83 bits per heavy atom. The molecule has 2 fully saturated rings. The van der Waals surface area contributed by atoms with E-state index in [1.807, 2.05) is 6.07 Å². The lowest BCUT2D eigenvalue weighted by Gasteiger charge is -2.40. The van der Waals surface area contributed by atoms with E-state index in [-0.39, 0.29) is 5.82 Å². The van der Waals surface area contributed by atoms with Gasteiger partial charge in [0.2, 0.25) is 0 Å². The number of hydrogen-bond acceptors (Lipinski definition) is 2. The van der Waals surface area contributed by atoms with Crippen LogP contribution in [0.3, 0.4) is 0 Å². The maximum absolute atomic E-state index is 13.4. The number of fused-ring (bicyclic) bond motifs is 1. The highest BCUT2D eigenvalue weighted by atomic mass is 79.9. The predicted octanol–water partition coefficient (Wildman–Crippen LogP) is 3.94. The smallest absolute Gasteiger partial charge is 0.139 e. The fraction of sp³-hybridized carbons (Fsp3) is 0.571. The quantitative estimate of drug-likeness (QED) is 0.796. The lowest BCUT2D eigenvalue weighted by Crippen LogP contribution is -2.43. The van der Waals surface area contributed by atoms with Crippen LogP contribution >= 0.6 is 15.9 Å². The zero-order valence-corrected chi connectivity index (χ0v) is 11.9. The van der Waals surface area contributed by atoms with Gasteiger partial charge in [-0.1, -0.05) is 6.42 Å². The third kappa shape index (κ3) is 2.00. The molecule has 1 aliphatic carbocycles. The molecule has 2 unspecified atom stereocenters. The second kappa shape index (κ2) is 4.72. The van der Waals surface area contributed by atoms with Gasteiger partial charge < -0.3 is 10.6 Å². The van der Waals surface area contributed by atoms with Crippen LogP contribution in [0.2, 0.25) is 0 Å². The fourth-order valence-corrected chi connectivity index (χ4v) is 3.88. The fourth-order valence-electron chi connectivity index (χ4n) is 3.55. The number of hydrogen-bond donors (Lipinski definition) is 1. The Kier molecular flexibility index (Phi) is 3.22. The average molecular weight is 313 g/mol.